The number of carbonyl (C=O) groups excluding carboxylic acids is 3. The molecule has 1 aliphatic heterocycles. The molecule has 0 aromatic heterocycles. The van der Waals surface area contributed by atoms with Gasteiger partial charge in [-0.05, 0) is 29.9 Å². The Morgan fingerprint density at radius 2 is 1.34 bits per heavy atom. The second-order valence-corrected chi connectivity index (χ2v) is 9.61. The van der Waals surface area contributed by atoms with Crippen molar-refractivity contribution in [2.24, 2.45) is 11.8 Å². The van der Waals surface area contributed by atoms with Gasteiger partial charge in [-0.2, -0.15) is 0 Å². The summed E-state index contributed by atoms with van der Waals surface area (Å²) in [6.07, 6.45) is 2.23. The standard InChI is InChI=1S/C30H30N2O3/c1-20(33)32-27(23-13-7-3-8-14-23)26(29(34)24-15-9-4-10-16-24)25(22-11-5-2-6-12-22)28(32)30(35)31-19-21-17-18-21/h2-16,21,25-28H,17-19H2,1H3,(H,31,35). The number of carbonyl (C=O) groups is 3. The zero-order chi connectivity index (χ0) is 24.4. The topological polar surface area (TPSA) is 66.5 Å². The number of rotatable bonds is 7. The fourth-order valence-corrected chi connectivity index (χ4v) is 5.45. The molecule has 35 heavy (non-hydrogen) atoms. The average Bonchev–Trinajstić information content (AvgIpc) is 3.66. The number of hydrogen-bond donors (Lipinski definition) is 1. The van der Waals surface area contributed by atoms with Crippen LogP contribution in [0, 0.1) is 11.8 Å². The van der Waals surface area contributed by atoms with E-state index in [2.05, 4.69) is 5.32 Å². The van der Waals surface area contributed by atoms with E-state index in [1.807, 2.05) is 91.0 Å². The quantitative estimate of drug-likeness (QED) is 0.510. The maximum Gasteiger partial charge on any atom is 0.243 e. The second-order valence-electron chi connectivity index (χ2n) is 9.61. The van der Waals surface area contributed by atoms with Crippen LogP contribution in [0.4, 0.5) is 0 Å². The molecule has 2 amide bonds. The third-order valence-electron chi connectivity index (χ3n) is 7.25. The van der Waals surface area contributed by atoms with Crippen LogP contribution >= 0.6 is 0 Å². The number of likely N-dealkylation sites (tertiary alicyclic amines) is 1. The Kier molecular flexibility index (Phi) is 6.49. The minimum absolute atomic E-state index is 0.0583. The van der Waals surface area contributed by atoms with Gasteiger partial charge in [-0.3, -0.25) is 14.4 Å². The van der Waals surface area contributed by atoms with Crippen LogP contribution in [-0.2, 0) is 9.59 Å². The van der Waals surface area contributed by atoms with Gasteiger partial charge in [-0.25, -0.2) is 0 Å². The maximum atomic E-state index is 14.2. The highest BCUT2D eigenvalue weighted by Gasteiger charge is 2.56. The first-order chi connectivity index (χ1) is 17.1. The Hall–Kier alpha value is -3.73. The highest BCUT2D eigenvalue weighted by Crippen LogP contribution is 2.51. The lowest BCUT2D eigenvalue weighted by molar-refractivity contribution is -0.139. The van der Waals surface area contributed by atoms with Crippen LogP contribution in [0.15, 0.2) is 91.0 Å². The summed E-state index contributed by atoms with van der Waals surface area (Å²) in [7, 11) is 0. The minimum atomic E-state index is -0.781. The molecule has 0 spiro atoms. The molecule has 2 fully saturated rings. The van der Waals surface area contributed by atoms with E-state index in [1.165, 1.54) is 6.92 Å². The fourth-order valence-electron chi connectivity index (χ4n) is 5.45. The number of amides is 2. The molecule has 0 bridgehead atoms. The lowest BCUT2D eigenvalue weighted by Gasteiger charge is -2.30. The summed E-state index contributed by atoms with van der Waals surface area (Å²) in [4.78, 5) is 42.8. The summed E-state index contributed by atoms with van der Waals surface area (Å²) in [5, 5.41) is 3.10. The summed E-state index contributed by atoms with van der Waals surface area (Å²) in [5.74, 6) is -1.04. The summed E-state index contributed by atoms with van der Waals surface area (Å²) in [6.45, 7) is 2.10. The van der Waals surface area contributed by atoms with E-state index in [0.29, 0.717) is 18.0 Å². The molecule has 0 radical (unpaired) electrons. The molecule has 1 heterocycles. The largest absolute Gasteiger partial charge is 0.354 e. The van der Waals surface area contributed by atoms with Crippen molar-refractivity contribution in [3.63, 3.8) is 0 Å². The first kappa shape index (κ1) is 23.0. The van der Waals surface area contributed by atoms with Gasteiger partial charge in [0.2, 0.25) is 11.8 Å². The molecule has 1 saturated heterocycles. The molecule has 5 heteroatoms. The number of nitrogens with one attached hydrogen (secondary N) is 1. The molecule has 1 saturated carbocycles. The van der Waals surface area contributed by atoms with Crippen LogP contribution in [0.25, 0.3) is 0 Å². The smallest absolute Gasteiger partial charge is 0.243 e. The van der Waals surface area contributed by atoms with E-state index in [4.69, 9.17) is 0 Å². The predicted molar refractivity (Wildman–Crippen MR) is 135 cm³/mol. The van der Waals surface area contributed by atoms with Crippen molar-refractivity contribution in [3.05, 3.63) is 108 Å². The monoisotopic (exact) mass is 466 g/mol. The number of ketones is 1. The molecule has 4 unspecified atom stereocenters. The molecule has 2 aliphatic rings. The van der Waals surface area contributed by atoms with Crippen molar-refractivity contribution in [1.82, 2.24) is 10.2 Å². The number of benzene rings is 3. The first-order valence-corrected chi connectivity index (χ1v) is 12.3. The number of nitrogens with zero attached hydrogens (tertiary/aromatic N) is 1. The third-order valence-corrected chi connectivity index (χ3v) is 7.25. The first-order valence-electron chi connectivity index (χ1n) is 12.3. The summed E-state index contributed by atoms with van der Waals surface area (Å²) < 4.78 is 0. The van der Waals surface area contributed by atoms with Crippen molar-refractivity contribution in [2.75, 3.05) is 6.54 Å². The van der Waals surface area contributed by atoms with Crippen LogP contribution in [0.3, 0.4) is 0 Å². The molecule has 3 aromatic carbocycles. The van der Waals surface area contributed by atoms with Gasteiger partial charge in [0.05, 0.1) is 12.0 Å². The lowest BCUT2D eigenvalue weighted by Crippen LogP contribution is -2.48. The normalized spacial score (nSPS) is 23.6. The third kappa shape index (κ3) is 4.63. The SMILES string of the molecule is CC(=O)N1C(C(=O)NCC2CC2)C(c2ccccc2)C(C(=O)c2ccccc2)C1c1ccccc1. The maximum absolute atomic E-state index is 14.2. The second kappa shape index (κ2) is 9.87. The van der Waals surface area contributed by atoms with Crippen LogP contribution in [-0.4, -0.2) is 35.1 Å². The molecule has 5 rings (SSSR count). The van der Waals surface area contributed by atoms with Crippen molar-refractivity contribution in [3.8, 4) is 0 Å². The van der Waals surface area contributed by atoms with Gasteiger partial charge in [-0.15, -0.1) is 0 Å². The van der Waals surface area contributed by atoms with Gasteiger partial charge in [-0.1, -0.05) is 91.0 Å². The molecule has 5 nitrogen and oxygen atoms in total. The molecule has 1 N–H and O–H groups in total. The van der Waals surface area contributed by atoms with Crippen molar-refractivity contribution in [1.29, 1.82) is 0 Å². The zero-order valence-corrected chi connectivity index (χ0v) is 19.8. The lowest BCUT2D eigenvalue weighted by atomic mass is 9.76. The summed E-state index contributed by atoms with van der Waals surface area (Å²) in [6, 6.07) is 27.2. The van der Waals surface area contributed by atoms with Gasteiger partial charge in [0, 0.05) is 24.9 Å². The molecular formula is C30H30N2O3. The minimum Gasteiger partial charge on any atom is -0.354 e. The van der Waals surface area contributed by atoms with Crippen LogP contribution in [0.2, 0.25) is 0 Å². The Morgan fingerprint density at radius 1 is 0.800 bits per heavy atom. The van der Waals surface area contributed by atoms with Gasteiger partial charge >= 0.3 is 0 Å². The molecule has 4 atom stereocenters. The molecule has 178 valence electrons. The Morgan fingerprint density at radius 3 is 1.89 bits per heavy atom. The van der Waals surface area contributed by atoms with E-state index in [-0.39, 0.29) is 17.6 Å². The van der Waals surface area contributed by atoms with E-state index in [0.717, 1.165) is 24.0 Å². The number of hydrogen-bond acceptors (Lipinski definition) is 3. The Bertz CT molecular complexity index is 1190. The fraction of sp³-hybridized carbons (Fsp3) is 0.300. The highest BCUT2D eigenvalue weighted by molar-refractivity contribution is 6.01. The highest BCUT2D eigenvalue weighted by atomic mass is 16.2. The van der Waals surface area contributed by atoms with Crippen molar-refractivity contribution in [2.45, 2.75) is 37.8 Å². The molecule has 1 aliphatic carbocycles. The van der Waals surface area contributed by atoms with E-state index in [9.17, 15) is 14.4 Å². The van der Waals surface area contributed by atoms with Crippen LogP contribution in [0.5, 0.6) is 0 Å². The van der Waals surface area contributed by atoms with Crippen molar-refractivity contribution >= 4 is 17.6 Å². The molecular weight excluding hydrogens is 436 g/mol. The predicted octanol–water partition coefficient (Wildman–Crippen LogP) is 4.77. The summed E-state index contributed by atoms with van der Waals surface area (Å²) in [5.41, 5.74) is 2.33. The Balaban J connectivity index is 1.67. The van der Waals surface area contributed by atoms with Crippen LogP contribution in [0.1, 0.15) is 53.2 Å². The van der Waals surface area contributed by atoms with Gasteiger partial charge in [0.1, 0.15) is 6.04 Å². The number of Topliss-reactive ketones (excluding diaryl/α,β-unsaturated/α-hetero) is 1. The van der Waals surface area contributed by atoms with E-state index < -0.39 is 23.9 Å². The van der Waals surface area contributed by atoms with Gasteiger partial charge in [0.25, 0.3) is 0 Å². The average molecular weight is 467 g/mol. The Labute approximate surface area is 206 Å². The summed E-state index contributed by atoms with van der Waals surface area (Å²) >= 11 is 0. The van der Waals surface area contributed by atoms with Crippen LogP contribution < -0.4 is 5.32 Å². The van der Waals surface area contributed by atoms with E-state index in [1.54, 1.807) is 4.90 Å². The van der Waals surface area contributed by atoms with Crippen molar-refractivity contribution < 1.29 is 14.4 Å². The molecule has 3 aromatic rings. The van der Waals surface area contributed by atoms with E-state index >= 15 is 0 Å². The van der Waals surface area contributed by atoms with Gasteiger partial charge < -0.3 is 10.2 Å². The zero-order valence-electron chi connectivity index (χ0n) is 19.8. The van der Waals surface area contributed by atoms with Gasteiger partial charge in [0.15, 0.2) is 5.78 Å².